The zero-order chi connectivity index (χ0) is 11.6. The maximum atomic E-state index is 11.5. The molecule has 16 heavy (non-hydrogen) atoms. The number of hydrogen-bond acceptors (Lipinski definition) is 2. The summed E-state index contributed by atoms with van der Waals surface area (Å²) in [6.45, 7) is 0. The topological polar surface area (TPSA) is 46.5 Å². The SMILES string of the molecule is COc1cccc(C2(C(=O)O)CCCC2)c1. The molecule has 3 nitrogen and oxygen atoms in total. The molecule has 1 aromatic carbocycles. The Labute approximate surface area is 95.0 Å². The van der Waals surface area contributed by atoms with Gasteiger partial charge in [0.15, 0.2) is 0 Å². The number of methoxy groups -OCH3 is 1. The van der Waals surface area contributed by atoms with Gasteiger partial charge in [-0.3, -0.25) is 4.79 Å². The van der Waals surface area contributed by atoms with E-state index in [0.29, 0.717) is 0 Å². The minimum atomic E-state index is -0.710. The molecule has 1 N–H and O–H groups in total. The predicted octanol–water partition coefficient (Wildman–Crippen LogP) is 2.59. The van der Waals surface area contributed by atoms with Crippen molar-refractivity contribution in [2.75, 3.05) is 7.11 Å². The molecule has 0 aliphatic heterocycles. The summed E-state index contributed by atoms with van der Waals surface area (Å²) in [5.74, 6) is 0.0169. The summed E-state index contributed by atoms with van der Waals surface area (Å²) in [5.41, 5.74) is 0.186. The molecule has 0 unspecified atom stereocenters. The van der Waals surface area contributed by atoms with Gasteiger partial charge in [-0.1, -0.05) is 25.0 Å². The Kier molecular flexibility index (Phi) is 2.86. The van der Waals surface area contributed by atoms with Gasteiger partial charge in [0.2, 0.25) is 0 Å². The van der Waals surface area contributed by atoms with E-state index in [9.17, 15) is 9.90 Å². The summed E-state index contributed by atoms with van der Waals surface area (Å²) in [7, 11) is 1.60. The maximum absolute atomic E-state index is 11.5. The van der Waals surface area contributed by atoms with E-state index in [1.54, 1.807) is 7.11 Å². The molecule has 3 heteroatoms. The van der Waals surface area contributed by atoms with Crippen molar-refractivity contribution in [1.29, 1.82) is 0 Å². The van der Waals surface area contributed by atoms with Gasteiger partial charge in [-0.05, 0) is 30.5 Å². The Hall–Kier alpha value is -1.51. The van der Waals surface area contributed by atoms with Crippen LogP contribution in [0.4, 0.5) is 0 Å². The van der Waals surface area contributed by atoms with Crippen LogP contribution in [0, 0.1) is 0 Å². The first kappa shape index (κ1) is 11.0. The van der Waals surface area contributed by atoms with Gasteiger partial charge in [0.1, 0.15) is 5.75 Å². The van der Waals surface area contributed by atoms with E-state index < -0.39 is 11.4 Å². The van der Waals surface area contributed by atoms with E-state index in [0.717, 1.165) is 37.0 Å². The van der Waals surface area contributed by atoms with E-state index in [4.69, 9.17) is 4.74 Å². The summed E-state index contributed by atoms with van der Waals surface area (Å²) in [6, 6.07) is 7.44. The van der Waals surface area contributed by atoms with Crippen LogP contribution in [0.3, 0.4) is 0 Å². The fourth-order valence-corrected chi connectivity index (χ4v) is 2.53. The van der Waals surface area contributed by atoms with Crippen LogP contribution in [0.15, 0.2) is 24.3 Å². The lowest BCUT2D eigenvalue weighted by molar-refractivity contribution is -0.143. The molecule has 0 spiro atoms. The van der Waals surface area contributed by atoms with Crippen LogP contribution in [-0.2, 0) is 10.2 Å². The number of carbonyl (C=O) groups is 1. The first-order valence-electron chi connectivity index (χ1n) is 5.57. The van der Waals surface area contributed by atoms with Gasteiger partial charge in [-0.15, -0.1) is 0 Å². The molecule has 1 saturated carbocycles. The van der Waals surface area contributed by atoms with Crippen molar-refractivity contribution in [2.45, 2.75) is 31.1 Å². The van der Waals surface area contributed by atoms with Crippen molar-refractivity contribution < 1.29 is 14.6 Å². The van der Waals surface area contributed by atoms with Gasteiger partial charge in [0, 0.05) is 0 Å². The summed E-state index contributed by atoms with van der Waals surface area (Å²) in [4.78, 5) is 11.5. The lowest BCUT2D eigenvalue weighted by Gasteiger charge is -2.24. The largest absolute Gasteiger partial charge is 0.497 e. The molecule has 0 amide bonds. The Balaban J connectivity index is 2.43. The maximum Gasteiger partial charge on any atom is 0.314 e. The number of hydrogen-bond donors (Lipinski definition) is 1. The van der Waals surface area contributed by atoms with Crippen molar-refractivity contribution in [3.63, 3.8) is 0 Å². The van der Waals surface area contributed by atoms with Crippen molar-refractivity contribution in [2.24, 2.45) is 0 Å². The smallest absolute Gasteiger partial charge is 0.314 e. The van der Waals surface area contributed by atoms with E-state index in [-0.39, 0.29) is 0 Å². The molecule has 0 heterocycles. The second-order valence-electron chi connectivity index (χ2n) is 4.33. The van der Waals surface area contributed by atoms with Gasteiger partial charge in [0.25, 0.3) is 0 Å². The van der Waals surface area contributed by atoms with Crippen molar-refractivity contribution in [3.8, 4) is 5.75 Å². The van der Waals surface area contributed by atoms with Crippen LogP contribution in [0.1, 0.15) is 31.2 Å². The van der Waals surface area contributed by atoms with Gasteiger partial charge in [0.05, 0.1) is 12.5 Å². The highest BCUT2D eigenvalue weighted by atomic mass is 16.5. The quantitative estimate of drug-likeness (QED) is 0.851. The molecule has 1 fully saturated rings. The van der Waals surface area contributed by atoms with Crippen molar-refractivity contribution in [3.05, 3.63) is 29.8 Å². The van der Waals surface area contributed by atoms with Crippen LogP contribution in [0.5, 0.6) is 5.75 Å². The predicted molar refractivity (Wildman–Crippen MR) is 60.8 cm³/mol. The lowest BCUT2D eigenvalue weighted by Crippen LogP contribution is -2.32. The minimum absolute atomic E-state index is 0.686. The molecule has 0 atom stereocenters. The molecule has 1 aliphatic rings. The fourth-order valence-electron chi connectivity index (χ4n) is 2.53. The fraction of sp³-hybridized carbons (Fsp3) is 0.462. The molecular weight excluding hydrogens is 204 g/mol. The van der Waals surface area contributed by atoms with Gasteiger partial charge in [-0.2, -0.15) is 0 Å². The van der Waals surface area contributed by atoms with E-state index in [2.05, 4.69) is 0 Å². The molecule has 2 rings (SSSR count). The standard InChI is InChI=1S/C13H16O3/c1-16-11-6-4-5-10(9-11)13(12(14)15)7-2-3-8-13/h4-6,9H,2-3,7-8H2,1H3,(H,14,15). The zero-order valence-corrected chi connectivity index (χ0v) is 9.40. The Morgan fingerprint density at radius 3 is 2.62 bits per heavy atom. The second kappa shape index (κ2) is 4.16. The number of benzene rings is 1. The number of carboxylic acids is 1. The van der Waals surface area contributed by atoms with Crippen LogP contribution >= 0.6 is 0 Å². The average molecular weight is 220 g/mol. The normalized spacial score (nSPS) is 18.3. The van der Waals surface area contributed by atoms with Crippen LogP contribution in [0.25, 0.3) is 0 Å². The Morgan fingerprint density at radius 2 is 2.06 bits per heavy atom. The number of carboxylic acid groups (broad SMARTS) is 1. The van der Waals surface area contributed by atoms with E-state index in [1.807, 2.05) is 24.3 Å². The highest BCUT2D eigenvalue weighted by molar-refractivity contribution is 5.82. The van der Waals surface area contributed by atoms with Gasteiger partial charge in [-0.25, -0.2) is 0 Å². The highest BCUT2D eigenvalue weighted by Gasteiger charge is 2.42. The molecule has 1 aliphatic carbocycles. The molecule has 0 saturated heterocycles. The molecule has 0 aromatic heterocycles. The van der Waals surface area contributed by atoms with Gasteiger partial charge >= 0.3 is 5.97 Å². The van der Waals surface area contributed by atoms with Crippen molar-refractivity contribution >= 4 is 5.97 Å². The highest BCUT2D eigenvalue weighted by Crippen LogP contribution is 2.42. The zero-order valence-electron chi connectivity index (χ0n) is 9.40. The van der Waals surface area contributed by atoms with E-state index in [1.165, 1.54) is 0 Å². The lowest BCUT2D eigenvalue weighted by atomic mass is 9.79. The van der Waals surface area contributed by atoms with Crippen molar-refractivity contribution in [1.82, 2.24) is 0 Å². The third-order valence-electron chi connectivity index (χ3n) is 3.49. The minimum Gasteiger partial charge on any atom is -0.497 e. The number of ether oxygens (including phenoxy) is 1. The molecule has 0 radical (unpaired) electrons. The van der Waals surface area contributed by atoms with Gasteiger partial charge < -0.3 is 9.84 Å². The van der Waals surface area contributed by atoms with Crippen LogP contribution in [-0.4, -0.2) is 18.2 Å². The van der Waals surface area contributed by atoms with E-state index >= 15 is 0 Å². The molecular formula is C13H16O3. The summed E-state index contributed by atoms with van der Waals surface area (Å²) in [5, 5.41) is 9.44. The molecule has 1 aromatic rings. The van der Waals surface area contributed by atoms with Crippen LogP contribution < -0.4 is 4.74 Å². The Morgan fingerprint density at radius 1 is 1.38 bits per heavy atom. The van der Waals surface area contributed by atoms with Crippen LogP contribution in [0.2, 0.25) is 0 Å². The third kappa shape index (κ3) is 1.66. The first-order chi connectivity index (χ1) is 7.69. The average Bonchev–Trinajstić information content (AvgIpc) is 2.79. The number of rotatable bonds is 3. The summed E-state index contributed by atoms with van der Waals surface area (Å²) in [6.07, 6.45) is 3.44. The molecule has 86 valence electrons. The second-order valence-corrected chi connectivity index (χ2v) is 4.33. The third-order valence-corrected chi connectivity index (χ3v) is 3.49. The molecule has 0 bridgehead atoms. The Bertz CT molecular complexity index is 392. The number of aliphatic carboxylic acids is 1. The summed E-state index contributed by atoms with van der Waals surface area (Å²) < 4.78 is 5.15. The summed E-state index contributed by atoms with van der Waals surface area (Å²) >= 11 is 0. The monoisotopic (exact) mass is 220 g/mol. The first-order valence-corrected chi connectivity index (χ1v) is 5.57.